The molecule has 1 fully saturated rings. The molecule has 2 aromatic rings. The minimum absolute atomic E-state index is 0.399. The highest BCUT2D eigenvalue weighted by atomic mass is 32.1. The van der Waals surface area contributed by atoms with Crippen LogP contribution >= 0.6 is 22.7 Å². The van der Waals surface area contributed by atoms with Crippen LogP contribution in [0.2, 0.25) is 0 Å². The Bertz CT molecular complexity index is 584. The molecule has 0 aromatic carbocycles. The Balaban J connectivity index is 1.81. The fraction of sp³-hybridized carbons (Fsp3) is 0.571. The summed E-state index contributed by atoms with van der Waals surface area (Å²) in [6.45, 7) is 10.8. The minimum Gasteiger partial charge on any atom is -0.314 e. The van der Waals surface area contributed by atoms with E-state index in [0.717, 1.165) is 42.6 Å². The fourth-order valence-corrected chi connectivity index (χ4v) is 4.30. The van der Waals surface area contributed by atoms with E-state index in [9.17, 15) is 0 Å². The van der Waals surface area contributed by atoms with Crippen LogP contribution in [0.25, 0.3) is 11.4 Å². The highest BCUT2D eigenvalue weighted by molar-refractivity contribution is 7.12. The third kappa shape index (κ3) is 2.79. The zero-order valence-corrected chi connectivity index (χ0v) is 13.8. The number of hydrogen-bond acceptors (Lipinski definition) is 6. The SMILES string of the molecule is Cc1nc(-c2csc(C(C)N3CCNCC3)n2)c(C)s1. The van der Waals surface area contributed by atoms with E-state index in [1.165, 1.54) is 9.88 Å². The van der Waals surface area contributed by atoms with Crippen molar-refractivity contribution in [2.45, 2.75) is 26.8 Å². The molecule has 3 heterocycles. The molecule has 1 aliphatic rings. The number of aryl methyl sites for hydroxylation is 2. The number of piperazine rings is 1. The number of nitrogens with one attached hydrogen (secondary N) is 1. The zero-order chi connectivity index (χ0) is 14.1. The molecule has 1 atom stereocenters. The highest BCUT2D eigenvalue weighted by Crippen LogP contribution is 2.31. The van der Waals surface area contributed by atoms with E-state index in [2.05, 4.69) is 41.4 Å². The first-order valence-corrected chi connectivity index (χ1v) is 8.69. The van der Waals surface area contributed by atoms with Crippen molar-refractivity contribution in [2.24, 2.45) is 0 Å². The maximum Gasteiger partial charge on any atom is 0.110 e. The molecular formula is C14H20N4S2. The van der Waals surface area contributed by atoms with Gasteiger partial charge >= 0.3 is 0 Å². The van der Waals surface area contributed by atoms with E-state index in [1.807, 2.05) is 0 Å². The average Bonchev–Trinajstić information content (AvgIpc) is 3.05. The topological polar surface area (TPSA) is 41.1 Å². The minimum atomic E-state index is 0.399. The largest absolute Gasteiger partial charge is 0.314 e. The van der Waals surface area contributed by atoms with Gasteiger partial charge in [0.1, 0.15) is 16.4 Å². The molecule has 4 nitrogen and oxygen atoms in total. The van der Waals surface area contributed by atoms with Crippen LogP contribution < -0.4 is 5.32 Å². The van der Waals surface area contributed by atoms with Crippen molar-refractivity contribution in [3.63, 3.8) is 0 Å². The van der Waals surface area contributed by atoms with E-state index in [0.29, 0.717) is 6.04 Å². The molecule has 2 aromatic heterocycles. The first-order valence-electron chi connectivity index (χ1n) is 6.99. The summed E-state index contributed by atoms with van der Waals surface area (Å²) in [5.74, 6) is 0. The molecule has 0 saturated carbocycles. The summed E-state index contributed by atoms with van der Waals surface area (Å²) in [4.78, 5) is 13.2. The van der Waals surface area contributed by atoms with Crippen molar-refractivity contribution in [1.29, 1.82) is 0 Å². The van der Waals surface area contributed by atoms with E-state index < -0.39 is 0 Å². The molecule has 3 rings (SSSR count). The van der Waals surface area contributed by atoms with Gasteiger partial charge in [-0.25, -0.2) is 9.97 Å². The van der Waals surface area contributed by atoms with Crippen LogP contribution in [0, 0.1) is 13.8 Å². The predicted octanol–water partition coefficient (Wildman–Crippen LogP) is 2.85. The smallest absolute Gasteiger partial charge is 0.110 e. The lowest BCUT2D eigenvalue weighted by Gasteiger charge is -2.31. The van der Waals surface area contributed by atoms with E-state index >= 15 is 0 Å². The lowest BCUT2D eigenvalue weighted by molar-refractivity contribution is 0.185. The maximum atomic E-state index is 4.83. The Morgan fingerprint density at radius 3 is 2.65 bits per heavy atom. The van der Waals surface area contributed by atoms with Crippen molar-refractivity contribution in [2.75, 3.05) is 26.2 Å². The molecule has 20 heavy (non-hydrogen) atoms. The van der Waals surface area contributed by atoms with Crippen molar-refractivity contribution < 1.29 is 0 Å². The van der Waals surface area contributed by atoms with Gasteiger partial charge in [-0.1, -0.05) is 0 Å². The molecule has 108 valence electrons. The van der Waals surface area contributed by atoms with Gasteiger partial charge in [0.15, 0.2) is 0 Å². The van der Waals surface area contributed by atoms with Crippen LogP contribution in [0.4, 0.5) is 0 Å². The molecule has 1 aliphatic heterocycles. The Hall–Kier alpha value is -0.820. The van der Waals surface area contributed by atoms with Gasteiger partial charge in [0.2, 0.25) is 0 Å². The normalized spacial score (nSPS) is 18.4. The summed E-state index contributed by atoms with van der Waals surface area (Å²) in [5, 5.41) is 7.86. The number of rotatable bonds is 3. The first kappa shape index (κ1) is 14.1. The summed E-state index contributed by atoms with van der Waals surface area (Å²) in [5.41, 5.74) is 2.09. The average molecular weight is 308 g/mol. The molecule has 0 spiro atoms. The quantitative estimate of drug-likeness (QED) is 0.946. The first-order chi connectivity index (χ1) is 9.65. The van der Waals surface area contributed by atoms with Crippen molar-refractivity contribution in [3.05, 3.63) is 20.3 Å². The van der Waals surface area contributed by atoms with E-state index in [1.54, 1.807) is 22.7 Å². The van der Waals surface area contributed by atoms with E-state index in [4.69, 9.17) is 4.98 Å². The molecule has 0 radical (unpaired) electrons. The standard InChI is InChI=1S/C14H20N4S2/c1-9(18-6-4-15-5-7-18)14-17-12(8-19-14)13-10(2)20-11(3)16-13/h8-9,15H,4-7H2,1-3H3. The van der Waals surface area contributed by atoms with Gasteiger partial charge in [0.05, 0.1) is 11.0 Å². The number of thiazole rings is 2. The number of aromatic nitrogens is 2. The molecule has 1 N–H and O–H groups in total. The van der Waals surface area contributed by atoms with Gasteiger partial charge < -0.3 is 5.32 Å². The summed E-state index contributed by atoms with van der Waals surface area (Å²) in [6, 6.07) is 0.399. The molecule has 6 heteroatoms. The Labute approximate surface area is 127 Å². The molecule has 0 aliphatic carbocycles. The zero-order valence-electron chi connectivity index (χ0n) is 12.1. The second kappa shape index (κ2) is 5.89. The summed E-state index contributed by atoms with van der Waals surface area (Å²) >= 11 is 3.50. The number of hydrogen-bond donors (Lipinski definition) is 1. The Morgan fingerprint density at radius 1 is 1.25 bits per heavy atom. The van der Waals surface area contributed by atoms with Crippen molar-refractivity contribution in [1.82, 2.24) is 20.2 Å². The summed E-state index contributed by atoms with van der Waals surface area (Å²) in [7, 11) is 0. The van der Waals surface area contributed by atoms with Crippen LogP contribution in [0.1, 0.15) is 27.9 Å². The van der Waals surface area contributed by atoms with Gasteiger partial charge in [0, 0.05) is 36.4 Å². The van der Waals surface area contributed by atoms with Gasteiger partial charge in [-0.15, -0.1) is 22.7 Å². The Kier molecular flexibility index (Phi) is 4.16. The molecule has 1 unspecified atom stereocenters. The molecular weight excluding hydrogens is 288 g/mol. The van der Waals surface area contributed by atoms with Gasteiger partial charge in [0.25, 0.3) is 0 Å². The third-order valence-corrected chi connectivity index (χ3v) is 5.63. The second-order valence-corrected chi connectivity index (χ2v) is 7.47. The van der Waals surface area contributed by atoms with Gasteiger partial charge in [-0.3, -0.25) is 4.90 Å². The lowest BCUT2D eigenvalue weighted by atomic mass is 10.2. The number of nitrogens with zero attached hydrogens (tertiary/aromatic N) is 3. The molecule has 1 saturated heterocycles. The van der Waals surface area contributed by atoms with Gasteiger partial charge in [-0.2, -0.15) is 0 Å². The van der Waals surface area contributed by atoms with Crippen LogP contribution in [-0.2, 0) is 0 Å². The predicted molar refractivity (Wildman–Crippen MR) is 85.6 cm³/mol. The summed E-state index contributed by atoms with van der Waals surface area (Å²) < 4.78 is 0. The van der Waals surface area contributed by atoms with Crippen LogP contribution in [0.5, 0.6) is 0 Å². The third-order valence-electron chi connectivity index (χ3n) is 3.72. The highest BCUT2D eigenvalue weighted by Gasteiger charge is 2.21. The van der Waals surface area contributed by atoms with Crippen molar-refractivity contribution >= 4 is 22.7 Å². The van der Waals surface area contributed by atoms with Crippen LogP contribution in [-0.4, -0.2) is 41.0 Å². The van der Waals surface area contributed by atoms with Crippen LogP contribution in [0.3, 0.4) is 0 Å². The Morgan fingerprint density at radius 2 is 2.00 bits per heavy atom. The van der Waals surface area contributed by atoms with Crippen molar-refractivity contribution in [3.8, 4) is 11.4 Å². The lowest BCUT2D eigenvalue weighted by Crippen LogP contribution is -2.44. The van der Waals surface area contributed by atoms with Crippen LogP contribution in [0.15, 0.2) is 5.38 Å². The second-order valence-electron chi connectivity index (χ2n) is 5.17. The molecule has 0 amide bonds. The summed E-state index contributed by atoms with van der Waals surface area (Å²) in [6.07, 6.45) is 0. The molecule has 0 bridgehead atoms. The monoisotopic (exact) mass is 308 g/mol. The van der Waals surface area contributed by atoms with E-state index in [-0.39, 0.29) is 0 Å². The fourth-order valence-electron chi connectivity index (χ4n) is 2.58. The van der Waals surface area contributed by atoms with Gasteiger partial charge in [-0.05, 0) is 20.8 Å². The maximum absolute atomic E-state index is 4.83.